The van der Waals surface area contributed by atoms with Crippen molar-refractivity contribution < 1.29 is 13.9 Å². The van der Waals surface area contributed by atoms with Crippen molar-refractivity contribution in [3.05, 3.63) is 23.5 Å². The molecule has 3 N–H and O–H groups in total. The van der Waals surface area contributed by atoms with Gasteiger partial charge in [-0.3, -0.25) is 0 Å². The van der Waals surface area contributed by atoms with E-state index in [1.807, 2.05) is 0 Å². The Morgan fingerprint density at radius 3 is 2.68 bits per heavy atom. The second kappa shape index (κ2) is 6.15. The van der Waals surface area contributed by atoms with Gasteiger partial charge in [-0.05, 0) is 42.7 Å². The van der Waals surface area contributed by atoms with Gasteiger partial charge in [-0.1, -0.05) is 20.8 Å². The van der Waals surface area contributed by atoms with Crippen molar-refractivity contribution in [3.8, 4) is 0 Å². The fraction of sp³-hybridized carbons (Fsp3) is 0.588. The van der Waals surface area contributed by atoms with Gasteiger partial charge in [0, 0.05) is 6.04 Å². The highest BCUT2D eigenvalue weighted by Gasteiger charge is 2.32. The first-order valence-electron chi connectivity index (χ1n) is 7.65. The summed E-state index contributed by atoms with van der Waals surface area (Å²) < 4.78 is 18.6. The van der Waals surface area contributed by atoms with E-state index in [1.54, 1.807) is 0 Å². The summed E-state index contributed by atoms with van der Waals surface area (Å²) in [5.41, 5.74) is 6.99. The van der Waals surface area contributed by atoms with Crippen molar-refractivity contribution >= 4 is 17.3 Å². The number of anilines is 2. The van der Waals surface area contributed by atoms with E-state index in [4.69, 9.17) is 5.73 Å². The Bertz CT molecular complexity index is 572. The number of carbonyl (C=O) groups is 1. The first-order valence-corrected chi connectivity index (χ1v) is 7.65. The highest BCUT2D eigenvalue weighted by Crippen LogP contribution is 2.40. The molecule has 1 aromatic carbocycles. The Morgan fingerprint density at radius 1 is 1.41 bits per heavy atom. The number of hydrogen-bond acceptors (Lipinski definition) is 4. The lowest BCUT2D eigenvalue weighted by molar-refractivity contribution is 0.0595. The maximum Gasteiger partial charge on any atom is 0.340 e. The first-order chi connectivity index (χ1) is 10.2. The average molecular weight is 308 g/mol. The van der Waals surface area contributed by atoms with Gasteiger partial charge in [-0.25, -0.2) is 9.18 Å². The van der Waals surface area contributed by atoms with Gasteiger partial charge >= 0.3 is 5.97 Å². The SMILES string of the molecule is COC(=O)c1cc(N)c(N[C@@H]2C[C@H](C)CC(C)(C)C2)cc1F. The molecule has 0 aromatic heterocycles. The Morgan fingerprint density at radius 2 is 2.09 bits per heavy atom. The lowest BCUT2D eigenvalue weighted by atomic mass is 9.70. The largest absolute Gasteiger partial charge is 0.465 e. The Balaban J connectivity index is 2.20. The Labute approximate surface area is 131 Å². The number of esters is 1. The molecule has 1 aromatic rings. The van der Waals surface area contributed by atoms with Crippen LogP contribution >= 0.6 is 0 Å². The summed E-state index contributed by atoms with van der Waals surface area (Å²) in [4.78, 5) is 11.5. The summed E-state index contributed by atoms with van der Waals surface area (Å²) >= 11 is 0. The third-order valence-electron chi connectivity index (χ3n) is 4.29. The van der Waals surface area contributed by atoms with E-state index in [-0.39, 0.29) is 17.0 Å². The van der Waals surface area contributed by atoms with Crippen LogP contribution in [0.4, 0.5) is 15.8 Å². The minimum atomic E-state index is -0.719. The second-order valence-electron chi connectivity index (χ2n) is 7.17. The molecule has 1 aliphatic rings. The quantitative estimate of drug-likeness (QED) is 0.658. The molecular formula is C17H25FN2O2. The number of carbonyl (C=O) groups excluding carboxylic acids is 1. The van der Waals surface area contributed by atoms with Gasteiger partial charge in [0.05, 0.1) is 24.0 Å². The van der Waals surface area contributed by atoms with Crippen molar-refractivity contribution in [2.45, 2.75) is 46.1 Å². The van der Waals surface area contributed by atoms with Crippen LogP contribution in [0.3, 0.4) is 0 Å². The van der Waals surface area contributed by atoms with Crippen molar-refractivity contribution in [2.75, 3.05) is 18.2 Å². The number of ether oxygens (including phenoxy) is 1. The molecule has 0 unspecified atom stereocenters. The highest BCUT2D eigenvalue weighted by molar-refractivity contribution is 5.92. The summed E-state index contributed by atoms with van der Waals surface area (Å²) in [6.07, 6.45) is 3.23. The minimum absolute atomic E-state index is 0.136. The maximum atomic E-state index is 14.1. The van der Waals surface area contributed by atoms with E-state index in [1.165, 1.54) is 25.7 Å². The average Bonchev–Trinajstić information content (AvgIpc) is 2.39. The zero-order valence-corrected chi connectivity index (χ0v) is 13.7. The van der Waals surface area contributed by atoms with Crippen molar-refractivity contribution in [1.82, 2.24) is 0 Å². The fourth-order valence-corrected chi connectivity index (χ4v) is 3.66. The summed E-state index contributed by atoms with van der Waals surface area (Å²) in [5.74, 6) is -0.725. The topological polar surface area (TPSA) is 64.3 Å². The maximum absolute atomic E-state index is 14.1. The van der Waals surface area contributed by atoms with E-state index in [9.17, 15) is 9.18 Å². The number of nitrogens with two attached hydrogens (primary N) is 1. The van der Waals surface area contributed by atoms with Crippen molar-refractivity contribution in [3.63, 3.8) is 0 Å². The van der Waals surface area contributed by atoms with Crippen LogP contribution in [0.5, 0.6) is 0 Å². The summed E-state index contributed by atoms with van der Waals surface area (Å²) in [6, 6.07) is 2.87. The smallest absolute Gasteiger partial charge is 0.340 e. The molecule has 0 radical (unpaired) electrons. The van der Waals surface area contributed by atoms with E-state index in [0.29, 0.717) is 17.3 Å². The van der Waals surface area contributed by atoms with Crippen LogP contribution in [0.2, 0.25) is 0 Å². The number of hydrogen-bond donors (Lipinski definition) is 2. The molecule has 122 valence electrons. The molecule has 0 amide bonds. The van der Waals surface area contributed by atoms with Crippen LogP contribution in [0.1, 0.15) is 50.4 Å². The standard InChI is InChI=1S/C17H25FN2O2/c1-10-5-11(9-17(2,3)8-10)20-15-7-13(18)12(6-14(15)19)16(21)22-4/h6-7,10-11,20H,5,8-9,19H2,1-4H3/t10-,11+/m0/s1. The van der Waals surface area contributed by atoms with Crippen LogP contribution in [-0.2, 0) is 4.74 Å². The molecule has 4 nitrogen and oxygen atoms in total. The lowest BCUT2D eigenvalue weighted by Crippen LogP contribution is -2.35. The van der Waals surface area contributed by atoms with Gasteiger partial charge in [0.25, 0.3) is 0 Å². The number of halogens is 1. The molecule has 2 atom stereocenters. The van der Waals surface area contributed by atoms with Crippen molar-refractivity contribution in [1.29, 1.82) is 0 Å². The van der Waals surface area contributed by atoms with Crippen LogP contribution < -0.4 is 11.1 Å². The predicted molar refractivity (Wildman–Crippen MR) is 86.4 cm³/mol. The molecule has 1 fully saturated rings. The van der Waals surface area contributed by atoms with E-state index in [2.05, 4.69) is 30.8 Å². The molecule has 2 rings (SSSR count). The number of methoxy groups -OCH3 is 1. The highest BCUT2D eigenvalue weighted by atomic mass is 19.1. The molecule has 0 heterocycles. The van der Waals surface area contributed by atoms with Gasteiger partial charge in [0.15, 0.2) is 0 Å². The van der Waals surface area contributed by atoms with Gasteiger partial charge in [-0.15, -0.1) is 0 Å². The van der Waals surface area contributed by atoms with E-state index in [0.717, 1.165) is 12.8 Å². The molecule has 0 saturated heterocycles. The molecule has 22 heavy (non-hydrogen) atoms. The molecule has 1 aliphatic carbocycles. The third-order valence-corrected chi connectivity index (χ3v) is 4.29. The number of nitrogens with one attached hydrogen (secondary N) is 1. The van der Waals surface area contributed by atoms with Gasteiger partial charge in [-0.2, -0.15) is 0 Å². The summed E-state index contributed by atoms with van der Waals surface area (Å²) in [7, 11) is 1.22. The van der Waals surface area contributed by atoms with E-state index >= 15 is 0 Å². The Hall–Kier alpha value is -1.78. The molecule has 5 heteroatoms. The normalized spacial score (nSPS) is 23.9. The monoisotopic (exact) mass is 308 g/mol. The predicted octanol–water partition coefficient (Wildman–Crippen LogP) is 3.82. The minimum Gasteiger partial charge on any atom is -0.465 e. The number of rotatable bonds is 3. The third kappa shape index (κ3) is 3.70. The van der Waals surface area contributed by atoms with Gasteiger partial charge in [0.2, 0.25) is 0 Å². The molecule has 0 bridgehead atoms. The summed E-state index contributed by atoms with van der Waals surface area (Å²) in [6.45, 7) is 6.74. The molecule has 0 aliphatic heterocycles. The fourth-order valence-electron chi connectivity index (χ4n) is 3.66. The Kier molecular flexibility index (Phi) is 4.63. The van der Waals surface area contributed by atoms with Crippen LogP contribution in [-0.4, -0.2) is 19.1 Å². The number of nitrogen functional groups attached to an aromatic ring is 1. The van der Waals surface area contributed by atoms with E-state index < -0.39 is 11.8 Å². The molecule has 1 saturated carbocycles. The summed E-state index contributed by atoms with van der Waals surface area (Å²) in [5, 5.41) is 3.34. The van der Waals surface area contributed by atoms with Crippen LogP contribution in [0.25, 0.3) is 0 Å². The van der Waals surface area contributed by atoms with Crippen LogP contribution in [0.15, 0.2) is 12.1 Å². The lowest BCUT2D eigenvalue weighted by Gasteiger charge is -2.39. The molecular weight excluding hydrogens is 283 g/mol. The molecule has 0 spiro atoms. The van der Waals surface area contributed by atoms with Gasteiger partial charge < -0.3 is 15.8 Å². The van der Waals surface area contributed by atoms with Crippen LogP contribution in [0, 0.1) is 17.2 Å². The van der Waals surface area contributed by atoms with Gasteiger partial charge in [0.1, 0.15) is 5.82 Å². The zero-order valence-electron chi connectivity index (χ0n) is 13.7. The number of benzene rings is 1. The second-order valence-corrected chi connectivity index (χ2v) is 7.17. The first kappa shape index (κ1) is 16.6. The van der Waals surface area contributed by atoms with Crippen molar-refractivity contribution in [2.24, 2.45) is 11.3 Å². The zero-order chi connectivity index (χ0) is 16.5.